The van der Waals surface area contributed by atoms with Gasteiger partial charge in [0.2, 0.25) is 5.95 Å². The highest BCUT2D eigenvalue weighted by molar-refractivity contribution is 6.43. The van der Waals surface area contributed by atoms with Gasteiger partial charge in [0.05, 0.1) is 16.9 Å². The number of nitrogens with zero attached hydrogens (tertiary/aromatic N) is 2. The number of anilines is 1. The Balaban J connectivity index is 2.18. The number of hydrogen-bond acceptors (Lipinski definition) is 5. The number of aromatic nitrogens is 2. The normalized spacial score (nSPS) is 12.7. The van der Waals surface area contributed by atoms with Gasteiger partial charge in [-0.1, -0.05) is 13.0 Å². The minimum atomic E-state index is -0.993. The van der Waals surface area contributed by atoms with Gasteiger partial charge < -0.3 is 20.3 Å². The highest BCUT2D eigenvalue weighted by Gasteiger charge is 2.29. The van der Waals surface area contributed by atoms with Crippen molar-refractivity contribution in [3.63, 3.8) is 0 Å². The highest BCUT2D eigenvalue weighted by Crippen LogP contribution is 2.23. The molecule has 0 bridgehead atoms. The molecule has 0 aromatic carbocycles. The summed E-state index contributed by atoms with van der Waals surface area (Å²) < 4.78 is 14.8. The summed E-state index contributed by atoms with van der Waals surface area (Å²) in [5.41, 5.74) is 0.368. The lowest BCUT2D eigenvalue weighted by Gasteiger charge is -2.25. The van der Waals surface area contributed by atoms with Crippen LogP contribution >= 0.6 is 0 Å². The van der Waals surface area contributed by atoms with E-state index >= 15 is 0 Å². The number of amides is 2. The second kappa shape index (κ2) is 10.3. The first-order valence-corrected chi connectivity index (χ1v) is 10.3. The Morgan fingerprint density at radius 2 is 2.03 bits per heavy atom. The Bertz CT molecular complexity index is 1050. The predicted octanol–water partition coefficient (Wildman–Crippen LogP) is 2.83. The van der Waals surface area contributed by atoms with Crippen LogP contribution < -0.4 is 10.6 Å². The smallest absolute Gasteiger partial charge is 0.294 e. The van der Waals surface area contributed by atoms with Gasteiger partial charge in [0, 0.05) is 37.2 Å². The number of rotatable bonds is 10. The molecule has 0 fully saturated rings. The summed E-state index contributed by atoms with van der Waals surface area (Å²) in [5.74, 6) is -2.88. The molecule has 0 saturated heterocycles. The minimum Gasteiger partial charge on any atom is -0.390 e. The van der Waals surface area contributed by atoms with Gasteiger partial charge in [0.25, 0.3) is 17.6 Å². The summed E-state index contributed by atoms with van der Waals surface area (Å²) in [6, 6.07) is 2.52. The molecule has 2 aromatic rings. The maximum absolute atomic E-state index is 13.3. The van der Waals surface area contributed by atoms with Crippen LogP contribution in [0.15, 0.2) is 31.0 Å². The number of carbonyl (C=O) groups is 3. The number of halogens is 1. The molecule has 0 aliphatic heterocycles. The van der Waals surface area contributed by atoms with Crippen LogP contribution in [0.5, 0.6) is 0 Å². The largest absolute Gasteiger partial charge is 0.390 e. The number of Topliss-reactive ketones (excluding diaryl/α,β-unsaturated/α-hetero) is 1. The molecule has 2 amide bonds. The molecule has 0 aliphatic carbocycles. The fraction of sp³-hybridized carbons (Fsp3) is 0.391. The molecule has 3 N–H and O–H groups in total. The van der Waals surface area contributed by atoms with Crippen LogP contribution in [0.4, 0.5) is 10.1 Å². The summed E-state index contributed by atoms with van der Waals surface area (Å²) in [6.45, 7) is 8.80. The molecule has 9 heteroatoms. The molecule has 2 heterocycles. The molecule has 0 aliphatic rings. The molecule has 8 nitrogen and oxygen atoms in total. The second-order valence-electron chi connectivity index (χ2n) is 7.72. The summed E-state index contributed by atoms with van der Waals surface area (Å²) >= 11 is 0. The van der Waals surface area contributed by atoms with Gasteiger partial charge in [-0.3, -0.25) is 14.4 Å². The SMILES string of the molecule is C=CCC(O)(CC)CCNC(=O)C(=O)c1c(C)c(C(=O)Nc2ccnc(F)c2)c(C)n1C. The van der Waals surface area contributed by atoms with Crippen molar-refractivity contribution in [3.8, 4) is 0 Å². The third kappa shape index (κ3) is 5.47. The van der Waals surface area contributed by atoms with Gasteiger partial charge in [-0.25, -0.2) is 4.98 Å². The Morgan fingerprint density at radius 3 is 2.62 bits per heavy atom. The predicted molar refractivity (Wildman–Crippen MR) is 119 cm³/mol. The van der Waals surface area contributed by atoms with Crippen molar-refractivity contribution < 1.29 is 23.9 Å². The van der Waals surface area contributed by atoms with Crippen LogP contribution in [0.1, 0.15) is 58.3 Å². The van der Waals surface area contributed by atoms with Crippen molar-refractivity contribution in [2.45, 2.75) is 45.6 Å². The number of carbonyl (C=O) groups excluding carboxylic acids is 3. The van der Waals surface area contributed by atoms with E-state index in [-0.39, 0.29) is 29.9 Å². The second-order valence-corrected chi connectivity index (χ2v) is 7.72. The molecular weight excluding hydrogens is 415 g/mol. The molecule has 0 saturated carbocycles. The van der Waals surface area contributed by atoms with Gasteiger partial charge in [-0.2, -0.15) is 4.39 Å². The van der Waals surface area contributed by atoms with Crippen molar-refractivity contribution in [1.82, 2.24) is 14.9 Å². The lowest BCUT2D eigenvalue weighted by Crippen LogP contribution is -2.37. The Kier molecular flexibility index (Phi) is 8.04. The molecule has 2 rings (SSSR count). The monoisotopic (exact) mass is 444 g/mol. The lowest BCUT2D eigenvalue weighted by atomic mass is 9.92. The van der Waals surface area contributed by atoms with Crippen LogP contribution in [0, 0.1) is 19.8 Å². The van der Waals surface area contributed by atoms with Crippen LogP contribution in [0.2, 0.25) is 0 Å². The standard InChI is InChI=1S/C23H29FN4O4/c1-6-9-23(32,7-2)10-12-26-22(31)20(29)19-14(3)18(15(4)28(19)5)21(30)27-16-8-11-25-17(24)13-16/h6,8,11,13,32H,1,7,9-10,12H2,2-5H3,(H,26,31)(H,25,27,30). The van der Waals surface area contributed by atoms with Crippen LogP contribution in [-0.2, 0) is 11.8 Å². The van der Waals surface area contributed by atoms with Crippen molar-refractivity contribution in [1.29, 1.82) is 0 Å². The van der Waals surface area contributed by atoms with Crippen molar-refractivity contribution in [2.24, 2.45) is 7.05 Å². The zero-order valence-electron chi connectivity index (χ0n) is 18.8. The summed E-state index contributed by atoms with van der Waals surface area (Å²) in [7, 11) is 1.59. The van der Waals surface area contributed by atoms with Crippen molar-refractivity contribution >= 4 is 23.3 Å². The van der Waals surface area contributed by atoms with E-state index < -0.39 is 29.1 Å². The molecule has 1 unspecified atom stereocenters. The maximum Gasteiger partial charge on any atom is 0.294 e. The average molecular weight is 445 g/mol. The van der Waals surface area contributed by atoms with E-state index in [4.69, 9.17) is 0 Å². The van der Waals surface area contributed by atoms with E-state index in [0.717, 1.165) is 6.07 Å². The van der Waals surface area contributed by atoms with Gasteiger partial charge in [0.15, 0.2) is 0 Å². The van der Waals surface area contributed by atoms with Gasteiger partial charge in [-0.05, 0) is 44.7 Å². The van der Waals surface area contributed by atoms with Gasteiger partial charge >= 0.3 is 0 Å². The van der Waals surface area contributed by atoms with Crippen LogP contribution in [-0.4, -0.2) is 44.4 Å². The highest BCUT2D eigenvalue weighted by atomic mass is 19.1. The summed E-state index contributed by atoms with van der Waals surface area (Å²) in [4.78, 5) is 41.5. The van der Waals surface area contributed by atoms with Gasteiger partial charge in [0.1, 0.15) is 0 Å². The molecule has 32 heavy (non-hydrogen) atoms. The molecule has 0 radical (unpaired) electrons. The molecular formula is C23H29FN4O4. The number of nitrogens with one attached hydrogen (secondary N) is 2. The third-order valence-corrected chi connectivity index (χ3v) is 5.62. The maximum atomic E-state index is 13.3. The van der Waals surface area contributed by atoms with E-state index in [0.29, 0.717) is 24.1 Å². The Hall–Kier alpha value is -3.33. The lowest BCUT2D eigenvalue weighted by molar-refractivity contribution is -0.117. The van der Waals surface area contributed by atoms with E-state index in [1.807, 2.05) is 6.92 Å². The van der Waals surface area contributed by atoms with Crippen LogP contribution in [0.25, 0.3) is 0 Å². The zero-order chi connectivity index (χ0) is 24.1. The fourth-order valence-electron chi connectivity index (χ4n) is 3.60. The van der Waals surface area contributed by atoms with Crippen LogP contribution in [0.3, 0.4) is 0 Å². The zero-order valence-corrected chi connectivity index (χ0v) is 18.8. The Morgan fingerprint density at radius 1 is 1.34 bits per heavy atom. The molecule has 172 valence electrons. The summed E-state index contributed by atoms with van der Waals surface area (Å²) in [5, 5.41) is 15.6. The Labute approximate surface area is 186 Å². The van der Waals surface area contributed by atoms with Gasteiger partial charge in [-0.15, -0.1) is 6.58 Å². The van der Waals surface area contributed by atoms with Crippen molar-refractivity contribution in [3.05, 3.63) is 59.4 Å². The van der Waals surface area contributed by atoms with E-state index in [1.54, 1.807) is 27.0 Å². The first-order valence-electron chi connectivity index (χ1n) is 10.3. The topological polar surface area (TPSA) is 113 Å². The first kappa shape index (κ1) is 24.9. The minimum absolute atomic E-state index is 0.0860. The quantitative estimate of drug-likeness (QED) is 0.226. The van der Waals surface area contributed by atoms with E-state index in [1.165, 1.54) is 16.8 Å². The van der Waals surface area contributed by atoms with E-state index in [9.17, 15) is 23.9 Å². The fourth-order valence-corrected chi connectivity index (χ4v) is 3.60. The molecule has 2 aromatic heterocycles. The molecule has 0 spiro atoms. The average Bonchev–Trinajstić information content (AvgIpc) is 2.96. The van der Waals surface area contributed by atoms with Crippen molar-refractivity contribution in [2.75, 3.05) is 11.9 Å². The number of hydrogen-bond donors (Lipinski definition) is 3. The molecule has 1 atom stereocenters. The van der Waals surface area contributed by atoms with E-state index in [2.05, 4.69) is 22.2 Å². The number of ketones is 1. The number of aliphatic hydroxyl groups is 1. The third-order valence-electron chi connectivity index (χ3n) is 5.62. The first-order chi connectivity index (χ1) is 15.0. The summed E-state index contributed by atoms with van der Waals surface area (Å²) in [6.07, 6.45) is 3.97. The number of pyridine rings is 1.